The van der Waals surface area contributed by atoms with Gasteiger partial charge in [0.1, 0.15) is 5.75 Å². The Labute approximate surface area is 168 Å². The summed E-state index contributed by atoms with van der Waals surface area (Å²) in [7, 11) is 1.70. The fourth-order valence-electron chi connectivity index (χ4n) is 4.16. The molecule has 1 atom stereocenters. The number of ether oxygens (including phenoxy) is 1. The summed E-state index contributed by atoms with van der Waals surface area (Å²) in [5, 5.41) is 3.23. The lowest BCUT2D eigenvalue weighted by molar-refractivity contribution is -0.120. The Morgan fingerprint density at radius 3 is 2.36 bits per heavy atom. The van der Waals surface area contributed by atoms with Crippen LogP contribution in [0, 0.1) is 5.92 Å². The molecule has 1 unspecified atom stereocenters. The maximum Gasteiger partial charge on any atom is 0.217 e. The molecule has 0 saturated carbocycles. The van der Waals surface area contributed by atoms with Gasteiger partial charge in [0.25, 0.3) is 0 Å². The van der Waals surface area contributed by atoms with Crippen LogP contribution in [0.1, 0.15) is 37.3 Å². The van der Waals surface area contributed by atoms with Crippen molar-refractivity contribution in [3.8, 4) is 5.75 Å². The Bertz CT molecular complexity index is 722. The van der Waals surface area contributed by atoms with Crippen LogP contribution < -0.4 is 10.1 Å². The van der Waals surface area contributed by atoms with Crippen molar-refractivity contribution in [1.82, 2.24) is 10.2 Å². The van der Waals surface area contributed by atoms with Gasteiger partial charge in [0.2, 0.25) is 5.91 Å². The minimum Gasteiger partial charge on any atom is -0.497 e. The van der Waals surface area contributed by atoms with E-state index in [1.54, 1.807) is 14.0 Å². The fourth-order valence-corrected chi connectivity index (χ4v) is 4.16. The molecule has 2 aromatic carbocycles. The average molecular weight is 381 g/mol. The molecule has 1 heterocycles. The van der Waals surface area contributed by atoms with E-state index < -0.39 is 0 Å². The summed E-state index contributed by atoms with van der Waals surface area (Å²) in [6, 6.07) is 19.2. The fraction of sp³-hybridized carbons (Fsp3) is 0.458. The van der Waals surface area contributed by atoms with E-state index in [0.29, 0.717) is 5.92 Å². The highest BCUT2D eigenvalue weighted by molar-refractivity contribution is 5.73. The van der Waals surface area contributed by atoms with E-state index in [1.165, 1.54) is 11.1 Å². The van der Waals surface area contributed by atoms with E-state index in [2.05, 4.69) is 46.6 Å². The topological polar surface area (TPSA) is 41.6 Å². The second-order valence-electron chi connectivity index (χ2n) is 7.79. The number of aryl methyl sites for hydroxylation is 1. The summed E-state index contributed by atoms with van der Waals surface area (Å²) in [5.41, 5.74) is 2.66. The predicted molar refractivity (Wildman–Crippen MR) is 113 cm³/mol. The van der Waals surface area contributed by atoms with Gasteiger partial charge in [0.15, 0.2) is 0 Å². The van der Waals surface area contributed by atoms with Gasteiger partial charge in [0.05, 0.1) is 7.11 Å². The first-order valence-corrected chi connectivity index (χ1v) is 10.3. The predicted octanol–water partition coefficient (Wildman–Crippen LogP) is 4.04. The van der Waals surface area contributed by atoms with Crippen molar-refractivity contribution < 1.29 is 9.53 Å². The smallest absolute Gasteiger partial charge is 0.217 e. The van der Waals surface area contributed by atoms with Crippen molar-refractivity contribution in [2.75, 3.05) is 20.2 Å². The Kier molecular flexibility index (Phi) is 7.49. The van der Waals surface area contributed by atoms with Crippen molar-refractivity contribution in [2.45, 2.75) is 45.2 Å². The number of nitrogens with zero attached hydrogens (tertiary/aromatic N) is 1. The molecular formula is C24H32N2O2. The Morgan fingerprint density at radius 1 is 1.07 bits per heavy atom. The van der Waals surface area contributed by atoms with Crippen LogP contribution >= 0.6 is 0 Å². The monoisotopic (exact) mass is 380 g/mol. The van der Waals surface area contributed by atoms with E-state index in [-0.39, 0.29) is 11.9 Å². The Morgan fingerprint density at radius 2 is 1.75 bits per heavy atom. The minimum absolute atomic E-state index is 0.0822. The van der Waals surface area contributed by atoms with Crippen LogP contribution in [0.15, 0.2) is 54.6 Å². The molecule has 1 amide bonds. The standard InChI is InChI=1S/C24H32N2O2/c1-19(27)25-24(13-10-20-6-4-3-5-7-20)22-14-16-26(17-15-22)18-21-8-11-23(28-2)12-9-21/h3-9,11-12,22,24H,10,13-18H2,1-2H3,(H,25,27). The molecule has 1 N–H and O–H groups in total. The van der Waals surface area contributed by atoms with Crippen LogP contribution in [0.2, 0.25) is 0 Å². The number of carbonyl (C=O) groups is 1. The lowest BCUT2D eigenvalue weighted by Gasteiger charge is -2.36. The maximum atomic E-state index is 11.7. The second-order valence-corrected chi connectivity index (χ2v) is 7.79. The summed E-state index contributed by atoms with van der Waals surface area (Å²) < 4.78 is 5.24. The summed E-state index contributed by atoms with van der Waals surface area (Å²) in [4.78, 5) is 14.2. The molecule has 1 fully saturated rings. The van der Waals surface area contributed by atoms with Gasteiger partial charge in [-0.1, -0.05) is 42.5 Å². The van der Waals surface area contributed by atoms with E-state index in [4.69, 9.17) is 4.74 Å². The van der Waals surface area contributed by atoms with Gasteiger partial charge in [-0.25, -0.2) is 0 Å². The van der Waals surface area contributed by atoms with Crippen molar-refractivity contribution in [1.29, 1.82) is 0 Å². The van der Waals surface area contributed by atoms with Crippen LogP contribution in [-0.2, 0) is 17.8 Å². The number of piperidine rings is 1. The average Bonchev–Trinajstić information content (AvgIpc) is 2.73. The highest BCUT2D eigenvalue weighted by Crippen LogP contribution is 2.25. The van der Waals surface area contributed by atoms with Gasteiger partial charge in [-0.15, -0.1) is 0 Å². The van der Waals surface area contributed by atoms with Gasteiger partial charge in [0, 0.05) is 19.5 Å². The van der Waals surface area contributed by atoms with Crippen molar-refractivity contribution >= 4 is 5.91 Å². The number of amides is 1. The molecule has 1 saturated heterocycles. The van der Waals surface area contributed by atoms with Gasteiger partial charge in [-0.2, -0.15) is 0 Å². The highest BCUT2D eigenvalue weighted by atomic mass is 16.5. The first-order chi connectivity index (χ1) is 13.6. The van der Waals surface area contributed by atoms with Crippen LogP contribution in [0.3, 0.4) is 0 Å². The van der Waals surface area contributed by atoms with Crippen molar-refractivity contribution in [2.24, 2.45) is 5.92 Å². The zero-order valence-electron chi connectivity index (χ0n) is 17.1. The first-order valence-electron chi connectivity index (χ1n) is 10.3. The maximum absolute atomic E-state index is 11.7. The van der Waals surface area contributed by atoms with Gasteiger partial charge < -0.3 is 10.1 Å². The number of hydrogen-bond acceptors (Lipinski definition) is 3. The van der Waals surface area contributed by atoms with Gasteiger partial charge >= 0.3 is 0 Å². The Hall–Kier alpha value is -2.33. The normalized spacial score (nSPS) is 16.5. The number of likely N-dealkylation sites (tertiary alicyclic amines) is 1. The summed E-state index contributed by atoms with van der Waals surface area (Å²) in [6.07, 6.45) is 4.29. The summed E-state index contributed by atoms with van der Waals surface area (Å²) >= 11 is 0. The molecule has 0 aromatic heterocycles. The van der Waals surface area contributed by atoms with Crippen LogP contribution in [0.25, 0.3) is 0 Å². The molecule has 1 aliphatic rings. The SMILES string of the molecule is COc1ccc(CN2CCC(C(CCc3ccccc3)NC(C)=O)CC2)cc1. The van der Waals surface area contributed by atoms with Crippen LogP contribution in [0.5, 0.6) is 5.75 Å². The van der Waals surface area contributed by atoms with Crippen LogP contribution in [-0.4, -0.2) is 37.0 Å². The van der Waals surface area contributed by atoms with Crippen molar-refractivity contribution in [3.63, 3.8) is 0 Å². The first kappa shape index (κ1) is 20.4. The Balaban J connectivity index is 1.51. The summed E-state index contributed by atoms with van der Waals surface area (Å²) in [5.74, 6) is 1.54. The molecule has 3 rings (SSSR count). The van der Waals surface area contributed by atoms with Gasteiger partial charge in [-0.05, 0) is 68.0 Å². The molecule has 28 heavy (non-hydrogen) atoms. The van der Waals surface area contributed by atoms with E-state index in [9.17, 15) is 4.79 Å². The van der Waals surface area contributed by atoms with E-state index in [0.717, 1.165) is 51.1 Å². The number of rotatable bonds is 8. The molecule has 4 heteroatoms. The molecule has 2 aromatic rings. The molecule has 4 nitrogen and oxygen atoms in total. The largest absolute Gasteiger partial charge is 0.497 e. The zero-order valence-corrected chi connectivity index (χ0v) is 17.1. The third-order valence-electron chi connectivity index (χ3n) is 5.74. The molecule has 1 aliphatic heterocycles. The highest BCUT2D eigenvalue weighted by Gasteiger charge is 2.27. The molecule has 0 spiro atoms. The number of hydrogen-bond donors (Lipinski definition) is 1. The number of benzene rings is 2. The number of nitrogens with one attached hydrogen (secondary N) is 1. The lowest BCUT2D eigenvalue weighted by atomic mass is 9.86. The summed E-state index contributed by atoms with van der Waals surface area (Å²) in [6.45, 7) is 4.77. The molecule has 0 bridgehead atoms. The molecular weight excluding hydrogens is 348 g/mol. The zero-order chi connectivity index (χ0) is 19.8. The molecule has 0 aliphatic carbocycles. The molecule has 0 radical (unpaired) electrons. The lowest BCUT2D eigenvalue weighted by Crippen LogP contribution is -2.45. The minimum atomic E-state index is 0.0822. The quantitative estimate of drug-likeness (QED) is 0.751. The number of carbonyl (C=O) groups excluding carboxylic acids is 1. The van der Waals surface area contributed by atoms with E-state index in [1.807, 2.05) is 18.2 Å². The van der Waals surface area contributed by atoms with Crippen LogP contribution in [0.4, 0.5) is 0 Å². The van der Waals surface area contributed by atoms with E-state index >= 15 is 0 Å². The third kappa shape index (κ3) is 6.10. The third-order valence-corrected chi connectivity index (χ3v) is 5.74. The molecule has 150 valence electrons. The number of methoxy groups -OCH3 is 1. The second kappa shape index (κ2) is 10.3. The van der Waals surface area contributed by atoms with Crippen molar-refractivity contribution in [3.05, 3.63) is 65.7 Å². The van der Waals surface area contributed by atoms with Gasteiger partial charge in [-0.3, -0.25) is 9.69 Å².